The summed E-state index contributed by atoms with van der Waals surface area (Å²) >= 11 is 1.22. The molecular formula is C17H13F2N3O3S. The first kappa shape index (κ1) is 18.0. The number of amidine groups is 1. The van der Waals surface area contributed by atoms with E-state index in [4.69, 9.17) is 0 Å². The van der Waals surface area contributed by atoms with E-state index in [1.807, 2.05) is 6.92 Å². The fourth-order valence-electron chi connectivity index (χ4n) is 2.57. The van der Waals surface area contributed by atoms with Crippen molar-refractivity contribution in [3.8, 4) is 0 Å². The van der Waals surface area contributed by atoms with Crippen LogP contribution in [0, 0.1) is 21.7 Å². The molecule has 9 heteroatoms. The number of rotatable bonds is 3. The number of carbonyl (C=O) groups excluding carboxylic acids is 1. The normalized spacial score (nSPS) is 19.1. The number of hydrogen-bond acceptors (Lipinski definition) is 5. The van der Waals surface area contributed by atoms with Crippen molar-refractivity contribution in [3.63, 3.8) is 0 Å². The molecule has 6 nitrogen and oxygen atoms in total. The summed E-state index contributed by atoms with van der Waals surface area (Å²) in [7, 11) is 0. The molecule has 0 bridgehead atoms. The van der Waals surface area contributed by atoms with Crippen molar-refractivity contribution >= 4 is 28.5 Å². The van der Waals surface area contributed by atoms with Gasteiger partial charge in [-0.1, -0.05) is 30.0 Å². The van der Waals surface area contributed by atoms with Gasteiger partial charge in [0.2, 0.25) is 0 Å². The molecule has 134 valence electrons. The molecule has 2 aromatic rings. The number of nitro benzene ring substituents is 1. The van der Waals surface area contributed by atoms with E-state index in [1.54, 1.807) is 12.1 Å². The van der Waals surface area contributed by atoms with Crippen molar-refractivity contribution in [2.45, 2.75) is 18.2 Å². The summed E-state index contributed by atoms with van der Waals surface area (Å²) in [5.41, 5.74) is 0.120. The fraction of sp³-hybridized carbons (Fsp3) is 0.176. The van der Waals surface area contributed by atoms with Crippen molar-refractivity contribution in [1.82, 2.24) is 5.32 Å². The minimum Gasteiger partial charge on any atom is -0.301 e. The molecule has 0 saturated heterocycles. The number of halogens is 2. The molecular weight excluding hydrogens is 364 g/mol. The smallest absolute Gasteiger partial charge is 0.269 e. The third kappa shape index (κ3) is 3.57. The van der Waals surface area contributed by atoms with E-state index in [-0.39, 0.29) is 22.1 Å². The maximum absolute atomic E-state index is 13.7. The fourth-order valence-corrected chi connectivity index (χ4v) is 3.74. The van der Waals surface area contributed by atoms with Crippen LogP contribution in [-0.4, -0.2) is 22.0 Å². The van der Waals surface area contributed by atoms with Crippen molar-refractivity contribution < 1.29 is 18.5 Å². The van der Waals surface area contributed by atoms with Crippen LogP contribution < -0.4 is 5.32 Å². The zero-order valence-electron chi connectivity index (χ0n) is 13.5. The highest BCUT2D eigenvalue weighted by Gasteiger charge is 2.30. The number of benzene rings is 2. The Hall–Kier alpha value is -2.81. The van der Waals surface area contributed by atoms with Gasteiger partial charge in [-0.3, -0.25) is 19.9 Å². The third-order valence-corrected chi connectivity index (χ3v) is 5.19. The van der Waals surface area contributed by atoms with Crippen LogP contribution in [0.25, 0.3) is 0 Å². The SMILES string of the molecule is CC1N=C(NC(=O)c2c(F)cccc2F)SC1c1ccc([N+](=O)[O-])cc1. The van der Waals surface area contributed by atoms with E-state index in [0.29, 0.717) is 0 Å². The topological polar surface area (TPSA) is 84.6 Å². The van der Waals surface area contributed by atoms with Gasteiger partial charge in [0.1, 0.15) is 17.2 Å². The molecule has 2 atom stereocenters. The lowest BCUT2D eigenvalue weighted by Gasteiger charge is -2.13. The van der Waals surface area contributed by atoms with Gasteiger partial charge in [-0.25, -0.2) is 8.78 Å². The van der Waals surface area contributed by atoms with Crippen molar-refractivity contribution in [2.75, 3.05) is 0 Å². The van der Waals surface area contributed by atoms with E-state index in [9.17, 15) is 23.7 Å². The lowest BCUT2D eigenvalue weighted by atomic mass is 10.1. The van der Waals surface area contributed by atoms with Crippen LogP contribution in [0.5, 0.6) is 0 Å². The van der Waals surface area contributed by atoms with Crippen LogP contribution in [0.15, 0.2) is 47.5 Å². The first-order valence-electron chi connectivity index (χ1n) is 7.61. The van der Waals surface area contributed by atoms with Gasteiger partial charge in [0.25, 0.3) is 11.6 Å². The Morgan fingerprint density at radius 3 is 2.38 bits per heavy atom. The largest absolute Gasteiger partial charge is 0.301 e. The number of aliphatic imine (C=N–C) groups is 1. The first-order chi connectivity index (χ1) is 12.4. The monoisotopic (exact) mass is 377 g/mol. The Balaban J connectivity index is 1.73. The quantitative estimate of drug-likeness (QED) is 0.651. The third-order valence-electron chi connectivity index (χ3n) is 3.84. The highest BCUT2D eigenvalue weighted by atomic mass is 32.2. The zero-order chi connectivity index (χ0) is 18.8. The van der Waals surface area contributed by atoms with Crippen LogP contribution in [-0.2, 0) is 0 Å². The average molecular weight is 377 g/mol. The minimum absolute atomic E-state index is 0.0196. The second-order valence-electron chi connectivity index (χ2n) is 5.61. The van der Waals surface area contributed by atoms with Gasteiger partial charge in [0.15, 0.2) is 5.17 Å². The molecule has 1 amide bonds. The maximum Gasteiger partial charge on any atom is 0.269 e. The van der Waals surface area contributed by atoms with Crippen LogP contribution in [0.4, 0.5) is 14.5 Å². The number of non-ortho nitro benzene ring substituents is 1. The second-order valence-corrected chi connectivity index (χ2v) is 6.74. The molecule has 1 aliphatic heterocycles. The molecule has 0 fully saturated rings. The Labute approximate surface area is 151 Å². The van der Waals surface area contributed by atoms with E-state index < -0.39 is 28.0 Å². The molecule has 1 heterocycles. The number of carbonyl (C=O) groups is 1. The predicted octanol–water partition coefficient (Wildman–Crippen LogP) is 3.84. The van der Waals surface area contributed by atoms with Gasteiger partial charge in [-0.2, -0.15) is 0 Å². The molecule has 2 aromatic carbocycles. The van der Waals surface area contributed by atoms with Crippen molar-refractivity contribution in [1.29, 1.82) is 0 Å². The lowest BCUT2D eigenvalue weighted by Crippen LogP contribution is -2.29. The van der Waals surface area contributed by atoms with Crippen molar-refractivity contribution in [2.24, 2.45) is 4.99 Å². The molecule has 0 aliphatic carbocycles. The average Bonchev–Trinajstić information content (AvgIpc) is 2.95. The summed E-state index contributed by atoms with van der Waals surface area (Å²) in [4.78, 5) is 26.7. The van der Waals surface area contributed by atoms with Crippen molar-refractivity contribution in [3.05, 3.63) is 75.3 Å². The number of nitrogens with one attached hydrogen (secondary N) is 1. The van der Waals surface area contributed by atoms with E-state index >= 15 is 0 Å². The van der Waals surface area contributed by atoms with Crippen LogP contribution in [0.2, 0.25) is 0 Å². The Bertz CT molecular complexity index is 882. The van der Waals surface area contributed by atoms with Gasteiger partial charge < -0.3 is 5.32 Å². The Morgan fingerprint density at radius 1 is 1.19 bits per heavy atom. The second kappa shape index (κ2) is 7.20. The number of amides is 1. The summed E-state index contributed by atoms with van der Waals surface area (Å²) in [6, 6.07) is 9.01. The molecule has 26 heavy (non-hydrogen) atoms. The molecule has 0 spiro atoms. The molecule has 1 aliphatic rings. The van der Waals surface area contributed by atoms with Crippen LogP contribution in [0.1, 0.15) is 28.1 Å². The molecule has 0 radical (unpaired) electrons. The van der Waals surface area contributed by atoms with Gasteiger partial charge in [0.05, 0.1) is 16.2 Å². The Morgan fingerprint density at radius 2 is 1.81 bits per heavy atom. The van der Waals surface area contributed by atoms with Crippen LogP contribution >= 0.6 is 11.8 Å². The minimum atomic E-state index is -0.953. The first-order valence-corrected chi connectivity index (χ1v) is 8.49. The highest BCUT2D eigenvalue weighted by molar-refractivity contribution is 8.14. The van der Waals surface area contributed by atoms with Gasteiger partial charge in [-0.05, 0) is 24.6 Å². The number of nitro groups is 1. The van der Waals surface area contributed by atoms with Gasteiger partial charge in [-0.15, -0.1) is 0 Å². The Kier molecular flexibility index (Phi) is 4.99. The van der Waals surface area contributed by atoms with E-state index in [0.717, 1.165) is 17.7 Å². The molecule has 3 rings (SSSR count). The summed E-state index contributed by atoms with van der Waals surface area (Å²) in [6.07, 6.45) is 0. The number of nitrogens with zero attached hydrogens (tertiary/aromatic N) is 2. The van der Waals surface area contributed by atoms with E-state index in [1.165, 1.54) is 30.0 Å². The maximum atomic E-state index is 13.7. The summed E-state index contributed by atoms with van der Waals surface area (Å²) in [5, 5.41) is 13.2. The molecule has 0 saturated carbocycles. The summed E-state index contributed by atoms with van der Waals surface area (Å²) in [5.74, 6) is -2.82. The van der Waals surface area contributed by atoms with Gasteiger partial charge >= 0.3 is 0 Å². The molecule has 0 aromatic heterocycles. The number of thioether (sulfide) groups is 1. The zero-order valence-corrected chi connectivity index (χ0v) is 14.3. The molecule has 2 unspecified atom stereocenters. The highest BCUT2D eigenvalue weighted by Crippen LogP contribution is 2.39. The van der Waals surface area contributed by atoms with E-state index in [2.05, 4.69) is 10.3 Å². The number of hydrogen-bond donors (Lipinski definition) is 1. The summed E-state index contributed by atoms with van der Waals surface area (Å²) in [6.45, 7) is 1.82. The van der Waals surface area contributed by atoms with Gasteiger partial charge in [0, 0.05) is 12.1 Å². The predicted molar refractivity (Wildman–Crippen MR) is 94.1 cm³/mol. The standard InChI is InChI=1S/C17H13F2N3O3S/c1-9-15(10-5-7-11(8-6-10)22(24)25)26-17(20-9)21-16(23)14-12(18)3-2-4-13(14)19/h2-9,15H,1H3,(H,20,21,23). The molecule has 1 N–H and O–H groups in total. The lowest BCUT2D eigenvalue weighted by molar-refractivity contribution is -0.384. The summed E-state index contributed by atoms with van der Waals surface area (Å²) < 4.78 is 27.4. The van der Waals surface area contributed by atoms with Crippen LogP contribution in [0.3, 0.4) is 0 Å².